The van der Waals surface area contributed by atoms with Crippen LogP contribution in [0.1, 0.15) is 88.8 Å². The van der Waals surface area contributed by atoms with Crippen molar-refractivity contribution in [3.63, 3.8) is 0 Å². The summed E-state index contributed by atoms with van der Waals surface area (Å²) in [6.45, 7) is 6.87. The highest BCUT2D eigenvalue weighted by molar-refractivity contribution is 7.11. The number of thiazole rings is 1. The van der Waals surface area contributed by atoms with E-state index in [2.05, 4.69) is 44.7 Å². The van der Waals surface area contributed by atoms with Gasteiger partial charge in [0.1, 0.15) is 5.82 Å². The predicted octanol–water partition coefficient (Wildman–Crippen LogP) is 4.26. The average Bonchev–Trinajstić information content (AvgIpc) is 3.80. The Morgan fingerprint density at radius 3 is 2.33 bits per heavy atom. The summed E-state index contributed by atoms with van der Waals surface area (Å²) in [5, 5.41) is 8.08. The van der Waals surface area contributed by atoms with Crippen molar-refractivity contribution in [2.75, 3.05) is 45.8 Å². The number of likely N-dealkylation sites (tertiary alicyclic amines) is 1. The third kappa shape index (κ3) is 8.34. The van der Waals surface area contributed by atoms with Crippen LogP contribution in [0, 0.1) is 12.7 Å². The minimum Gasteiger partial charge on any atom is -0.350 e. The van der Waals surface area contributed by atoms with Gasteiger partial charge in [-0.1, -0.05) is 30.3 Å². The molecule has 292 valence electrons. The predicted molar refractivity (Wildman–Crippen MR) is 208 cm³/mol. The lowest BCUT2D eigenvalue weighted by Crippen LogP contribution is -2.59. The molecule has 6 bridgehead atoms. The van der Waals surface area contributed by atoms with E-state index in [4.69, 9.17) is 4.98 Å². The number of nitrogens with one attached hydrogen (secondary N) is 2. The molecule has 0 radical (unpaired) electrons. The molecule has 4 saturated heterocycles. The molecule has 0 aliphatic carbocycles. The van der Waals surface area contributed by atoms with Gasteiger partial charge in [0.05, 0.1) is 35.1 Å². The van der Waals surface area contributed by atoms with Crippen molar-refractivity contribution in [2.45, 2.75) is 101 Å². The number of fused-ring (bicyclic) bond motifs is 2. The van der Waals surface area contributed by atoms with Crippen LogP contribution in [-0.4, -0.2) is 118 Å². The summed E-state index contributed by atoms with van der Waals surface area (Å²) in [6.07, 6.45) is 5.17. The van der Waals surface area contributed by atoms with Crippen LogP contribution in [0.2, 0.25) is 0 Å². The van der Waals surface area contributed by atoms with Gasteiger partial charge >= 0.3 is 0 Å². The number of carbonyl (C=O) groups excluding carboxylic acids is 4. The summed E-state index contributed by atoms with van der Waals surface area (Å²) in [7, 11) is 0. The normalized spacial score (nSPS) is 24.4. The fourth-order valence-electron chi connectivity index (χ4n) is 9.46. The zero-order valence-electron chi connectivity index (χ0n) is 31.7. The summed E-state index contributed by atoms with van der Waals surface area (Å²) in [6, 6.07) is 16.1. The molecule has 0 saturated carbocycles. The molecule has 13 heteroatoms. The summed E-state index contributed by atoms with van der Waals surface area (Å²) in [5.74, 6) is -0.298. The van der Waals surface area contributed by atoms with Gasteiger partial charge in [0.2, 0.25) is 17.7 Å². The van der Waals surface area contributed by atoms with Crippen LogP contribution in [0.4, 0.5) is 4.39 Å². The van der Waals surface area contributed by atoms with E-state index in [0.717, 1.165) is 60.8 Å². The Morgan fingerprint density at radius 2 is 1.62 bits per heavy atom. The van der Waals surface area contributed by atoms with Crippen LogP contribution >= 0.6 is 11.3 Å². The molecule has 2 atom stereocenters. The van der Waals surface area contributed by atoms with E-state index in [9.17, 15) is 23.6 Å². The SMILES string of the molecule is Cc1sc2nc1CC(=O)NC1(CCN(C(=O)c3ccc(F)cc3)CC1)CC(=O)N1CCC(CC1)N1C[C@@H](NCc3ccccc3)C[C@H]1C(=O)N1CCC2CC1. The van der Waals surface area contributed by atoms with Crippen LogP contribution in [0.25, 0.3) is 0 Å². The topological polar surface area (TPSA) is 118 Å². The van der Waals surface area contributed by atoms with Crippen LogP contribution < -0.4 is 10.6 Å². The molecule has 1 aromatic heterocycles. The number of rotatable bonds is 4. The number of hydrogen-bond donors (Lipinski definition) is 2. The van der Waals surface area contributed by atoms with Gasteiger partial charge in [-0.2, -0.15) is 0 Å². The maximum absolute atomic E-state index is 14.3. The first kappa shape index (κ1) is 37.7. The fraction of sp³-hybridized carbons (Fsp3) is 0.548. The van der Waals surface area contributed by atoms with Gasteiger partial charge in [0.15, 0.2) is 0 Å². The second-order valence-electron chi connectivity index (χ2n) is 16.3. The third-order valence-electron chi connectivity index (χ3n) is 12.7. The van der Waals surface area contributed by atoms with E-state index >= 15 is 0 Å². The van der Waals surface area contributed by atoms with E-state index in [1.54, 1.807) is 16.2 Å². The Balaban J connectivity index is 1.02. The van der Waals surface area contributed by atoms with Gasteiger partial charge in [-0.15, -0.1) is 11.3 Å². The van der Waals surface area contributed by atoms with Crippen molar-refractivity contribution in [3.8, 4) is 0 Å². The van der Waals surface area contributed by atoms with Crippen molar-refractivity contribution >= 4 is 35.0 Å². The largest absolute Gasteiger partial charge is 0.350 e. The molecule has 7 aliphatic rings. The van der Waals surface area contributed by atoms with Crippen LogP contribution in [-0.2, 0) is 27.3 Å². The maximum atomic E-state index is 14.3. The molecule has 11 nitrogen and oxygen atoms in total. The van der Waals surface area contributed by atoms with Crippen molar-refractivity contribution in [3.05, 3.63) is 87.1 Å². The quantitative estimate of drug-likeness (QED) is 0.408. The highest BCUT2D eigenvalue weighted by Crippen LogP contribution is 2.36. The zero-order chi connectivity index (χ0) is 38.1. The first-order valence-electron chi connectivity index (χ1n) is 20.0. The Bertz CT molecular complexity index is 1870. The Labute approximate surface area is 326 Å². The van der Waals surface area contributed by atoms with E-state index in [1.807, 2.05) is 17.9 Å². The van der Waals surface area contributed by atoms with E-state index in [0.29, 0.717) is 57.7 Å². The molecule has 3 aromatic rings. The second-order valence-corrected chi connectivity index (χ2v) is 17.5. The van der Waals surface area contributed by atoms with Crippen molar-refractivity contribution in [1.29, 1.82) is 0 Å². The average molecular weight is 770 g/mol. The number of amides is 4. The first-order chi connectivity index (χ1) is 26.6. The van der Waals surface area contributed by atoms with Crippen LogP contribution in [0.3, 0.4) is 0 Å². The highest BCUT2D eigenvalue weighted by atomic mass is 32.1. The Kier molecular flexibility index (Phi) is 11.0. The van der Waals surface area contributed by atoms with E-state index < -0.39 is 11.4 Å². The maximum Gasteiger partial charge on any atom is 0.253 e. The summed E-state index contributed by atoms with van der Waals surface area (Å²) < 4.78 is 13.6. The summed E-state index contributed by atoms with van der Waals surface area (Å²) in [5.41, 5.74) is 1.59. The summed E-state index contributed by atoms with van der Waals surface area (Å²) in [4.78, 5) is 69.8. The number of piperidine rings is 3. The monoisotopic (exact) mass is 769 g/mol. The molecule has 4 fully saturated rings. The molecule has 0 unspecified atom stereocenters. The molecule has 7 aliphatic heterocycles. The van der Waals surface area contributed by atoms with Gasteiger partial charge in [-0.05, 0) is 81.7 Å². The van der Waals surface area contributed by atoms with Gasteiger partial charge < -0.3 is 25.3 Å². The molecule has 2 aromatic carbocycles. The second kappa shape index (κ2) is 16.1. The lowest BCUT2D eigenvalue weighted by Gasteiger charge is -2.44. The molecule has 1 spiro atoms. The van der Waals surface area contributed by atoms with Crippen molar-refractivity contribution in [1.82, 2.24) is 35.2 Å². The van der Waals surface area contributed by atoms with Gasteiger partial charge in [0.25, 0.3) is 5.91 Å². The van der Waals surface area contributed by atoms with E-state index in [-0.39, 0.29) is 60.5 Å². The fourth-order valence-corrected chi connectivity index (χ4v) is 10.6. The van der Waals surface area contributed by atoms with Crippen molar-refractivity contribution in [2.24, 2.45) is 0 Å². The molecule has 2 N–H and O–H groups in total. The molecule has 10 rings (SSSR count). The number of carbonyl (C=O) groups is 4. The number of nitrogens with zero attached hydrogens (tertiary/aromatic N) is 5. The van der Waals surface area contributed by atoms with Crippen LogP contribution in [0.5, 0.6) is 0 Å². The number of halogens is 1. The highest BCUT2D eigenvalue weighted by Gasteiger charge is 2.45. The number of aromatic nitrogens is 1. The number of aryl methyl sites for hydroxylation is 1. The van der Waals surface area contributed by atoms with Gasteiger partial charge in [-0.3, -0.25) is 24.1 Å². The van der Waals surface area contributed by atoms with Crippen molar-refractivity contribution < 1.29 is 23.6 Å². The Hall–Kier alpha value is -4.20. The lowest BCUT2D eigenvalue weighted by atomic mass is 9.83. The van der Waals surface area contributed by atoms with Crippen LogP contribution in [0.15, 0.2) is 54.6 Å². The minimum absolute atomic E-state index is 0.00142. The molecule has 55 heavy (non-hydrogen) atoms. The third-order valence-corrected chi connectivity index (χ3v) is 13.9. The van der Waals surface area contributed by atoms with Gasteiger partial charge in [0, 0.05) is 80.8 Å². The standard InChI is InChI=1S/C42H52FN7O4S/c1-28-35-24-37(51)46-42(15-21-49(22-16-42)40(53)31-7-9-32(43)10-8-31)25-38(52)47-19-13-34(14-20-47)50-27-33(44-26-29-5-3-2-4-6-29)23-36(50)41(54)48-17-11-30(12-18-48)39(45-35)55-28/h2-10,30,33-34,36,44H,11-27H2,1H3,(H,46,51)/t33-,36-/m0/s1. The van der Waals surface area contributed by atoms with E-state index in [1.165, 1.54) is 29.8 Å². The zero-order valence-corrected chi connectivity index (χ0v) is 32.5. The molecule has 8 heterocycles. The lowest BCUT2D eigenvalue weighted by molar-refractivity contribution is -0.140. The van der Waals surface area contributed by atoms with Gasteiger partial charge in [-0.25, -0.2) is 9.37 Å². The minimum atomic E-state index is -0.810. The molecule has 4 amide bonds. The first-order valence-corrected chi connectivity index (χ1v) is 20.9. The molecular formula is C42H52FN7O4S. The Morgan fingerprint density at radius 1 is 0.927 bits per heavy atom. The summed E-state index contributed by atoms with van der Waals surface area (Å²) >= 11 is 1.65. The number of benzene rings is 2. The smallest absolute Gasteiger partial charge is 0.253 e. The number of hydrogen-bond acceptors (Lipinski definition) is 8. The molecular weight excluding hydrogens is 718 g/mol.